The van der Waals surface area contributed by atoms with E-state index in [1.54, 1.807) is 0 Å². The van der Waals surface area contributed by atoms with Gasteiger partial charge in [0.05, 0.1) is 5.52 Å². The van der Waals surface area contributed by atoms with Gasteiger partial charge in [-0.3, -0.25) is 9.78 Å². The molecule has 1 aromatic carbocycles. The monoisotopic (exact) mass is 253 g/mol. The Morgan fingerprint density at radius 3 is 2.68 bits per heavy atom. The van der Waals surface area contributed by atoms with Crippen molar-refractivity contribution in [2.45, 2.75) is 38.5 Å². The summed E-state index contributed by atoms with van der Waals surface area (Å²) >= 11 is 0. The van der Waals surface area contributed by atoms with E-state index in [9.17, 15) is 4.79 Å². The van der Waals surface area contributed by atoms with Crippen LogP contribution in [0.15, 0.2) is 36.4 Å². The molecule has 0 spiro atoms. The van der Waals surface area contributed by atoms with E-state index in [1.807, 2.05) is 24.3 Å². The second-order valence-electron chi connectivity index (χ2n) is 5.47. The molecule has 2 heteroatoms. The number of para-hydroxylation sites is 1. The molecule has 0 atom stereocenters. The number of carbonyl (C=O) groups is 1. The van der Waals surface area contributed by atoms with E-state index < -0.39 is 0 Å². The number of carbonyl (C=O) groups excluding carboxylic acids is 1. The Labute approximate surface area is 113 Å². The minimum atomic E-state index is 0.280. The van der Waals surface area contributed by atoms with E-state index in [-0.39, 0.29) is 5.92 Å². The van der Waals surface area contributed by atoms with Crippen LogP contribution in [-0.4, -0.2) is 10.8 Å². The first-order valence-corrected chi connectivity index (χ1v) is 7.20. The predicted octanol–water partition coefficient (Wildman–Crippen LogP) is 3.93. The zero-order valence-electron chi connectivity index (χ0n) is 11.1. The summed E-state index contributed by atoms with van der Waals surface area (Å²) in [7, 11) is 0. The molecule has 98 valence electrons. The number of pyridine rings is 1. The molecule has 1 aromatic heterocycles. The normalized spacial score (nSPS) is 16.6. The Morgan fingerprint density at radius 1 is 1.05 bits per heavy atom. The standard InChI is InChI=1S/C17H19NO/c19-17(14-7-2-1-3-8-14)12-15-11-10-13-6-4-5-9-16(13)18-15/h4-6,9-11,14H,1-3,7-8,12H2. The van der Waals surface area contributed by atoms with Crippen LogP contribution in [0.25, 0.3) is 10.9 Å². The number of Topliss-reactive ketones (excluding diaryl/α,β-unsaturated/α-hetero) is 1. The van der Waals surface area contributed by atoms with E-state index >= 15 is 0 Å². The summed E-state index contributed by atoms with van der Waals surface area (Å²) in [6.07, 6.45) is 6.36. The van der Waals surface area contributed by atoms with Crippen LogP contribution in [0.5, 0.6) is 0 Å². The van der Waals surface area contributed by atoms with E-state index in [0.717, 1.165) is 29.4 Å². The number of hydrogen-bond donors (Lipinski definition) is 0. The van der Waals surface area contributed by atoms with Crippen LogP contribution in [-0.2, 0) is 11.2 Å². The molecule has 0 radical (unpaired) electrons. The van der Waals surface area contributed by atoms with Crippen molar-refractivity contribution >= 4 is 16.7 Å². The van der Waals surface area contributed by atoms with Crippen LogP contribution in [0, 0.1) is 5.92 Å². The van der Waals surface area contributed by atoms with E-state index in [2.05, 4.69) is 17.1 Å². The highest BCUT2D eigenvalue weighted by molar-refractivity contribution is 5.84. The predicted molar refractivity (Wildman–Crippen MR) is 77.0 cm³/mol. The average molecular weight is 253 g/mol. The van der Waals surface area contributed by atoms with Crippen LogP contribution in [0.3, 0.4) is 0 Å². The van der Waals surface area contributed by atoms with Crippen molar-refractivity contribution in [3.8, 4) is 0 Å². The Bertz CT molecular complexity index is 585. The van der Waals surface area contributed by atoms with Gasteiger partial charge in [0.15, 0.2) is 0 Å². The molecule has 1 aliphatic carbocycles. The number of nitrogens with zero attached hydrogens (tertiary/aromatic N) is 1. The van der Waals surface area contributed by atoms with Gasteiger partial charge in [0, 0.05) is 23.4 Å². The summed E-state index contributed by atoms with van der Waals surface area (Å²) in [5.74, 6) is 0.657. The van der Waals surface area contributed by atoms with Gasteiger partial charge in [-0.15, -0.1) is 0 Å². The third-order valence-electron chi connectivity index (χ3n) is 4.07. The van der Waals surface area contributed by atoms with Gasteiger partial charge < -0.3 is 0 Å². The lowest BCUT2D eigenvalue weighted by Gasteiger charge is -2.20. The van der Waals surface area contributed by atoms with Crippen molar-refractivity contribution in [3.05, 3.63) is 42.1 Å². The third kappa shape index (κ3) is 2.83. The van der Waals surface area contributed by atoms with Gasteiger partial charge >= 0.3 is 0 Å². The van der Waals surface area contributed by atoms with Crippen molar-refractivity contribution < 1.29 is 4.79 Å². The first-order chi connectivity index (χ1) is 9.33. The number of aromatic nitrogens is 1. The van der Waals surface area contributed by atoms with E-state index in [1.165, 1.54) is 19.3 Å². The van der Waals surface area contributed by atoms with Crippen molar-refractivity contribution in [2.24, 2.45) is 5.92 Å². The molecule has 1 saturated carbocycles. The summed E-state index contributed by atoms with van der Waals surface area (Å²) in [5, 5.41) is 1.14. The molecule has 0 saturated heterocycles. The summed E-state index contributed by atoms with van der Waals surface area (Å²) in [6.45, 7) is 0. The lowest BCUT2D eigenvalue weighted by atomic mass is 9.85. The van der Waals surface area contributed by atoms with Crippen molar-refractivity contribution in [1.29, 1.82) is 0 Å². The van der Waals surface area contributed by atoms with Gasteiger partial charge in [0.25, 0.3) is 0 Å². The highest BCUT2D eigenvalue weighted by atomic mass is 16.1. The minimum Gasteiger partial charge on any atom is -0.299 e. The maximum atomic E-state index is 12.3. The highest BCUT2D eigenvalue weighted by Gasteiger charge is 2.21. The van der Waals surface area contributed by atoms with Crippen LogP contribution in [0.4, 0.5) is 0 Å². The number of fused-ring (bicyclic) bond motifs is 1. The van der Waals surface area contributed by atoms with Crippen molar-refractivity contribution in [2.75, 3.05) is 0 Å². The Balaban J connectivity index is 1.75. The Kier molecular flexibility index (Phi) is 3.58. The molecule has 1 fully saturated rings. The maximum Gasteiger partial charge on any atom is 0.141 e. The molecule has 1 heterocycles. The molecule has 3 rings (SSSR count). The largest absolute Gasteiger partial charge is 0.299 e. The van der Waals surface area contributed by atoms with E-state index in [0.29, 0.717) is 12.2 Å². The molecule has 0 amide bonds. The van der Waals surface area contributed by atoms with Crippen LogP contribution < -0.4 is 0 Å². The average Bonchev–Trinajstić information content (AvgIpc) is 2.48. The quantitative estimate of drug-likeness (QED) is 0.829. The van der Waals surface area contributed by atoms with Crippen LogP contribution >= 0.6 is 0 Å². The van der Waals surface area contributed by atoms with Crippen molar-refractivity contribution in [1.82, 2.24) is 4.98 Å². The number of benzene rings is 1. The summed E-state index contributed by atoms with van der Waals surface area (Å²) < 4.78 is 0. The number of rotatable bonds is 3. The second kappa shape index (κ2) is 5.52. The van der Waals surface area contributed by atoms with Crippen molar-refractivity contribution in [3.63, 3.8) is 0 Å². The zero-order valence-corrected chi connectivity index (χ0v) is 11.1. The van der Waals surface area contributed by atoms with Gasteiger partial charge in [-0.2, -0.15) is 0 Å². The number of hydrogen-bond acceptors (Lipinski definition) is 2. The second-order valence-corrected chi connectivity index (χ2v) is 5.47. The zero-order chi connectivity index (χ0) is 13.1. The lowest BCUT2D eigenvalue weighted by molar-refractivity contribution is -0.123. The first kappa shape index (κ1) is 12.3. The summed E-state index contributed by atoms with van der Waals surface area (Å²) in [5.41, 5.74) is 1.89. The van der Waals surface area contributed by atoms with Gasteiger partial charge in [-0.1, -0.05) is 43.5 Å². The SMILES string of the molecule is O=C(Cc1ccc2ccccc2n1)C1CCCCC1. The number of ketones is 1. The Morgan fingerprint density at radius 2 is 1.84 bits per heavy atom. The fourth-order valence-corrected chi connectivity index (χ4v) is 2.95. The summed E-state index contributed by atoms with van der Waals surface area (Å²) in [4.78, 5) is 16.9. The third-order valence-corrected chi connectivity index (χ3v) is 4.07. The topological polar surface area (TPSA) is 30.0 Å². The molecule has 0 N–H and O–H groups in total. The van der Waals surface area contributed by atoms with Gasteiger partial charge in [-0.05, 0) is 25.0 Å². The Hall–Kier alpha value is -1.70. The lowest BCUT2D eigenvalue weighted by Crippen LogP contribution is -2.20. The first-order valence-electron chi connectivity index (χ1n) is 7.20. The van der Waals surface area contributed by atoms with Gasteiger partial charge in [0.2, 0.25) is 0 Å². The van der Waals surface area contributed by atoms with Crippen LogP contribution in [0.1, 0.15) is 37.8 Å². The highest BCUT2D eigenvalue weighted by Crippen LogP contribution is 2.25. The molecule has 0 aliphatic heterocycles. The van der Waals surface area contributed by atoms with Gasteiger partial charge in [-0.25, -0.2) is 0 Å². The smallest absolute Gasteiger partial charge is 0.141 e. The molecule has 2 nitrogen and oxygen atoms in total. The fraction of sp³-hybridized carbons (Fsp3) is 0.412. The molecule has 0 bridgehead atoms. The maximum absolute atomic E-state index is 12.3. The molecule has 2 aromatic rings. The minimum absolute atomic E-state index is 0.280. The van der Waals surface area contributed by atoms with Crippen LogP contribution in [0.2, 0.25) is 0 Å². The molecular formula is C17H19NO. The molecule has 19 heavy (non-hydrogen) atoms. The molecule has 1 aliphatic rings. The molecule has 0 unspecified atom stereocenters. The fourth-order valence-electron chi connectivity index (χ4n) is 2.95. The van der Waals surface area contributed by atoms with Gasteiger partial charge in [0.1, 0.15) is 5.78 Å². The molecular weight excluding hydrogens is 234 g/mol. The summed E-state index contributed by atoms with van der Waals surface area (Å²) in [6, 6.07) is 12.1. The van der Waals surface area contributed by atoms with E-state index in [4.69, 9.17) is 0 Å².